The smallest absolute Gasteiger partial charge is 0.123 e. The molecule has 2 aromatic carbocycles. The second kappa shape index (κ2) is 7.03. The summed E-state index contributed by atoms with van der Waals surface area (Å²) in [6, 6.07) is 14.2. The van der Waals surface area contributed by atoms with Gasteiger partial charge >= 0.3 is 0 Å². The first-order valence-corrected chi connectivity index (χ1v) is 6.53. The summed E-state index contributed by atoms with van der Waals surface area (Å²) >= 11 is 0. The summed E-state index contributed by atoms with van der Waals surface area (Å²) in [4.78, 5) is 1.93. The Kier molecular flexibility index (Phi) is 5.09. The second-order valence-corrected chi connectivity index (χ2v) is 4.56. The highest BCUT2D eigenvalue weighted by molar-refractivity contribution is 5.54. The molecule has 0 atom stereocenters. The average Bonchev–Trinajstić information content (AvgIpc) is 2.48. The average molecular weight is 275 g/mol. The molecule has 0 spiro atoms. The minimum atomic E-state index is -0.374. The van der Waals surface area contributed by atoms with Crippen LogP contribution in [0.25, 0.3) is 0 Å². The van der Waals surface area contributed by atoms with Crippen LogP contribution in [-0.2, 0) is 13.2 Å². The van der Waals surface area contributed by atoms with Crippen molar-refractivity contribution in [3.05, 3.63) is 65.5 Å². The van der Waals surface area contributed by atoms with Gasteiger partial charge < -0.3 is 15.1 Å². The first-order valence-electron chi connectivity index (χ1n) is 6.53. The summed E-state index contributed by atoms with van der Waals surface area (Å²) in [7, 11) is 0. The molecular weight excluding hydrogens is 257 g/mol. The van der Waals surface area contributed by atoms with Gasteiger partial charge in [0, 0.05) is 24.3 Å². The minimum Gasteiger partial charge on any atom is -0.395 e. The Morgan fingerprint density at radius 1 is 1.00 bits per heavy atom. The van der Waals surface area contributed by atoms with E-state index in [0.29, 0.717) is 18.7 Å². The number of hydrogen-bond donors (Lipinski definition) is 2. The topological polar surface area (TPSA) is 43.7 Å². The summed E-state index contributed by atoms with van der Waals surface area (Å²) in [5.74, 6) is -0.374. The molecule has 0 saturated carbocycles. The number of halogens is 1. The molecule has 0 unspecified atom stereocenters. The van der Waals surface area contributed by atoms with E-state index >= 15 is 0 Å². The number of rotatable bonds is 6. The third-order valence-electron chi connectivity index (χ3n) is 3.14. The number of aliphatic hydroxyl groups is 2. The zero-order valence-electron chi connectivity index (χ0n) is 11.2. The van der Waals surface area contributed by atoms with Crippen LogP contribution < -0.4 is 4.90 Å². The number of nitrogens with zero attached hydrogens (tertiary/aromatic N) is 1. The van der Waals surface area contributed by atoms with Crippen LogP contribution >= 0.6 is 0 Å². The van der Waals surface area contributed by atoms with Crippen LogP contribution in [0.2, 0.25) is 0 Å². The van der Waals surface area contributed by atoms with Gasteiger partial charge in [-0.25, -0.2) is 4.39 Å². The lowest BCUT2D eigenvalue weighted by atomic mass is 10.1. The van der Waals surface area contributed by atoms with Crippen molar-refractivity contribution < 1.29 is 14.6 Å². The largest absolute Gasteiger partial charge is 0.395 e. The molecule has 0 heterocycles. The summed E-state index contributed by atoms with van der Waals surface area (Å²) < 4.78 is 13.2. The highest BCUT2D eigenvalue weighted by atomic mass is 19.1. The van der Waals surface area contributed by atoms with E-state index in [1.54, 1.807) is 6.07 Å². The maximum atomic E-state index is 13.2. The Morgan fingerprint density at radius 3 is 2.40 bits per heavy atom. The lowest BCUT2D eigenvalue weighted by molar-refractivity contribution is 0.280. The highest BCUT2D eigenvalue weighted by Gasteiger charge is 2.12. The molecule has 20 heavy (non-hydrogen) atoms. The lowest BCUT2D eigenvalue weighted by Crippen LogP contribution is -2.27. The Balaban J connectivity index is 2.28. The number of benzene rings is 2. The molecular formula is C16H18FNO2. The fourth-order valence-electron chi connectivity index (χ4n) is 2.20. The number of aliphatic hydroxyl groups excluding tert-OH is 2. The quantitative estimate of drug-likeness (QED) is 0.850. The summed E-state index contributed by atoms with van der Waals surface area (Å²) in [5, 5.41) is 18.6. The molecule has 0 saturated heterocycles. The summed E-state index contributed by atoms with van der Waals surface area (Å²) in [6.45, 7) is 0.784. The van der Waals surface area contributed by atoms with E-state index in [1.165, 1.54) is 12.1 Å². The molecule has 2 aromatic rings. The molecule has 0 aromatic heterocycles. The molecule has 0 aliphatic heterocycles. The monoisotopic (exact) mass is 275 g/mol. The summed E-state index contributed by atoms with van der Waals surface area (Å²) in [6.07, 6.45) is 0. The van der Waals surface area contributed by atoms with E-state index in [4.69, 9.17) is 0 Å². The third-order valence-corrected chi connectivity index (χ3v) is 3.14. The molecule has 0 bridgehead atoms. The van der Waals surface area contributed by atoms with Crippen LogP contribution in [0.5, 0.6) is 0 Å². The highest BCUT2D eigenvalue weighted by Crippen LogP contribution is 2.23. The molecule has 2 N–H and O–H groups in total. The molecule has 2 rings (SSSR count). The van der Waals surface area contributed by atoms with E-state index in [-0.39, 0.29) is 19.0 Å². The molecule has 0 radical (unpaired) electrons. The maximum absolute atomic E-state index is 13.2. The predicted octanol–water partition coefficient (Wildman–Crippen LogP) is 2.32. The predicted molar refractivity (Wildman–Crippen MR) is 76.9 cm³/mol. The Labute approximate surface area is 117 Å². The van der Waals surface area contributed by atoms with Crippen molar-refractivity contribution in [3.63, 3.8) is 0 Å². The third kappa shape index (κ3) is 3.56. The fraction of sp³-hybridized carbons (Fsp3) is 0.250. The molecule has 0 fully saturated rings. The number of anilines is 1. The Hall–Kier alpha value is -1.91. The van der Waals surface area contributed by atoms with Gasteiger partial charge in [0.1, 0.15) is 5.82 Å². The van der Waals surface area contributed by atoms with Gasteiger partial charge in [-0.2, -0.15) is 0 Å². The van der Waals surface area contributed by atoms with E-state index < -0.39 is 0 Å². The van der Waals surface area contributed by atoms with E-state index in [1.807, 2.05) is 35.2 Å². The lowest BCUT2D eigenvalue weighted by Gasteiger charge is -2.26. The second-order valence-electron chi connectivity index (χ2n) is 4.56. The van der Waals surface area contributed by atoms with Crippen molar-refractivity contribution in [1.82, 2.24) is 0 Å². The first-order chi connectivity index (χ1) is 9.74. The van der Waals surface area contributed by atoms with Gasteiger partial charge in [0.25, 0.3) is 0 Å². The Morgan fingerprint density at radius 2 is 1.75 bits per heavy atom. The van der Waals surface area contributed by atoms with Crippen molar-refractivity contribution in [2.45, 2.75) is 13.2 Å². The van der Waals surface area contributed by atoms with Crippen LogP contribution in [0.1, 0.15) is 11.1 Å². The molecule has 106 valence electrons. The zero-order valence-corrected chi connectivity index (χ0v) is 11.2. The van der Waals surface area contributed by atoms with Crippen molar-refractivity contribution >= 4 is 5.69 Å². The minimum absolute atomic E-state index is 0.00488. The van der Waals surface area contributed by atoms with Gasteiger partial charge in [0.15, 0.2) is 0 Å². The fourth-order valence-corrected chi connectivity index (χ4v) is 2.20. The molecule has 0 aliphatic rings. The standard InChI is InChI=1S/C16H18FNO2/c17-15-6-7-16(14(10-15)12-20)18(8-9-19)11-13-4-2-1-3-5-13/h1-7,10,19-20H,8-9,11-12H2. The molecule has 3 nitrogen and oxygen atoms in total. The normalized spacial score (nSPS) is 10.6. The van der Waals surface area contributed by atoms with Crippen LogP contribution in [0.4, 0.5) is 10.1 Å². The van der Waals surface area contributed by atoms with Crippen LogP contribution in [-0.4, -0.2) is 23.4 Å². The van der Waals surface area contributed by atoms with Crippen molar-refractivity contribution in [1.29, 1.82) is 0 Å². The van der Waals surface area contributed by atoms with Crippen LogP contribution in [0, 0.1) is 5.82 Å². The van der Waals surface area contributed by atoms with E-state index in [2.05, 4.69) is 0 Å². The molecule has 4 heteroatoms. The van der Waals surface area contributed by atoms with Gasteiger partial charge in [-0.05, 0) is 23.8 Å². The maximum Gasteiger partial charge on any atom is 0.123 e. The van der Waals surface area contributed by atoms with Gasteiger partial charge in [-0.1, -0.05) is 30.3 Å². The summed E-state index contributed by atoms with van der Waals surface area (Å²) in [5.41, 5.74) is 2.36. The zero-order chi connectivity index (χ0) is 14.4. The van der Waals surface area contributed by atoms with Gasteiger partial charge in [-0.3, -0.25) is 0 Å². The van der Waals surface area contributed by atoms with Crippen LogP contribution in [0.15, 0.2) is 48.5 Å². The van der Waals surface area contributed by atoms with Crippen LogP contribution in [0.3, 0.4) is 0 Å². The molecule has 0 amide bonds. The van der Waals surface area contributed by atoms with Crippen molar-refractivity contribution in [2.24, 2.45) is 0 Å². The van der Waals surface area contributed by atoms with Crippen molar-refractivity contribution in [2.75, 3.05) is 18.1 Å². The first kappa shape index (κ1) is 14.5. The number of hydrogen-bond acceptors (Lipinski definition) is 3. The van der Waals surface area contributed by atoms with E-state index in [0.717, 1.165) is 11.3 Å². The molecule has 0 aliphatic carbocycles. The van der Waals surface area contributed by atoms with Gasteiger partial charge in [0.2, 0.25) is 0 Å². The Bertz CT molecular complexity index is 545. The van der Waals surface area contributed by atoms with E-state index in [9.17, 15) is 14.6 Å². The van der Waals surface area contributed by atoms with Crippen molar-refractivity contribution in [3.8, 4) is 0 Å². The SMILES string of the molecule is OCCN(Cc1ccccc1)c1ccc(F)cc1CO. The van der Waals surface area contributed by atoms with Gasteiger partial charge in [-0.15, -0.1) is 0 Å². The van der Waals surface area contributed by atoms with Gasteiger partial charge in [0.05, 0.1) is 13.2 Å².